The van der Waals surface area contributed by atoms with E-state index in [0.29, 0.717) is 0 Å². The summed E-state index contributed by atoms with van der Waals surface area (Å²) in [5.41, 5.74) is -0.633. The molecule has 1 N–H and O–H groups in total. The average molecular weight is 164 g/mol. The summed E-state index contributed by atoms with van der Waals surface area (Å²) in [4.78, 5) is 3.43. The van der Waals surface area contributed by atoms with Crippen LogP contribution in [0.4, 0.5) is 4.39 Å². The number of halogens is 2. The van der Waals surface area contributed by atoms with Crippen LogP contribution in [0.2, 0.25) is 5.15 Å². The summed E-state index contributed by atoms with van der Waals surface area (Å²) < 4.78 is 26.4. The predicted octanol–water partition coefficient (Wildman–Crippen LogP) is 1.37. The second kappa shape index (κ2) is 2.94. The van der Waals surface area contributed by atoms with E-state index in [1.807, 2.05) is 0 Å². The molecule has 0 aliphatic carbocycles. The molecule has 0 atom stereocenters. The molecule has 0 fully saturated rings. The van der Waals surface area contributed by atoms with Crippen molar-refractivity contribution in [1.29, 1.82) is 0 Å². The van der Waals surface area contributed by atoms with Crippen LogP contribution in [0.25, 0.3) is 0 Å². The summed E-state index contributed by atoms with van der Waals surface area (Å²) in [6.45, 7) is -2.80. The first-order chi connectivity index (χ1) is 5.43. The van der Waals surface area contributed by atoms with Crippen molar-refractivity contribution in [3.8, 4) is 0 Å². The maximum atomic E-state index is 12.8. The van der Waals surface area contributed by atoms with Gasteiger partial charge in [0, 0.05) is 6.20 Å². The first-order valence-electron chi connectivity index (χ1n) is 3.46. The second-order valence-corrected chi connectivity index (χ2v) is 1.93. The Labute approximate surface area is 65.1 Å². The van der Waals surface area contributed by atoms with Crippen LogP contribution in [0.5, 0.6) is 0 Å². The minimum absolute atomic E-state index is 0.373. The van der Waals surface area contributed by atoms with Gasteiger partial charge in [-0.2, -0.15) is 0 Å². The van der Waals surface area contributed by atoms with Gasteiger partial charge in [0.05, 0.1) is 14.9 Å². The molecular formula is C6H5ClFNO. The molecule has 1 aromatic rings. The van der Waals surface area contributed by atoms with Crippen molar-refractivity contribution >= 4 is 11.6 Å². The van der Waals surface area contributed by atoms with Gasteiger partial charge in [0.15, 0.2) is 0 Å². The Balaban J connectivity index is 3.31. The molecule has 0 bridgehead atoms. The van der Waals surface area contributed by atoms with Crippen LogP contribution in [0.1, 0.15) is 8.30 Å². The number of nitrogens with zero attached hydrogens (tertiary/aromatic N) is 1. The Morgan fingerprint density at radius 3 is 3.00 bits per heavy atom. The van der Waals surface area contributed by atoms with Gasteiger partial charge in [0.2, 0.25) is 0 Å². The number of rotatable bonds is 1. The van der Waals surface area contributed by atoms with Crippen LogP contribution in [0.3, 0.4) is 0 Å². The van der Waals surface area contributed by atoms with Crippen molar-refractivity contribution in [2.24, 2.45) is 0 Å². The fraction of sp³-hybridized carbons (Fsp3) is 0.167. The summed E-state index contributed by atoms with van der Waals surface area (Å²) in [6.07, 6.45) is 1.09. The largest absolute Gasteiger partial charge is 0.391 e. The third kappa shape index (κ3) is 1.25. The molecule has 0 aromatic carbocycles. The first-order valence-corrected chi connectivity index (χ1v) is 2.83. The van der Waals surface area contributed by atoms with E-state index in [4.69, 9.17) is 19.4 Å². The fourth-order valence-corrected chi connectivity index (χ4v) is 0.703. The van der Waals surface area contributed by atoms with Gasteiger partial charge in [-0.15, -0.1) is 0 Å². The summed E-state index contributed by atoms with van der Waals surface area (Å²) >= 11 is 5.36. The lowest BCUT2D eigenvalue weighted by Crippen LogP contribution is -1.92. The van der Waals surface area contributed by atoms with Crippen LogP contribution in [0, 0.1) is 5.82 Å². The van der Waals surface area contributed by atoms with Crippen molar-refractivity contribution < 1.29 is 12.2 Å². The van der Waals surface area contributed by atoms with Gasteiger partial charge in [-0.25, -0.2) is 9.37 Å². The number of aromatic nitrogens is 1. The van der Waals surface area contributed by atoms with Crippen LogP contribution in [0.15, 0.2) is 12.3 Å². The van der Waals surface area contributed by atoms with Gasteiger partial charge < -0.3 is 5.11 Å². The number of hydrogen-bond donors (Lipinski definition) is 1. The Morgan fingerprint density at radius 2 is 2.60 bits per heavy atom. The fourth-order valence-electron chi connectivity index (χ4n) is 0.514. The molecule has 10 heavy (non-hydrogen) atoms. The molecule has 54 valence electrons. The van der Waals surface area contributed by atoms with Crippen LogP contribution in [-0.4, -0.2) is 10.1 Å². The summed E-state index contributed by atoms with van der Waals surface area (Å²) in [6, 6.07) is 0.926. The Hall–Kier alpha value is -0.670. The predicted molar refractivity (Wildman–Crippen MR) is 35.1 cm³/mol. The van der Waals surface area contributed by atoms with Gasteiger partial charge in [0.1, 0.15) is 11.0 Å². The van der Waals surface area contributed by atoms with Gasteiger partial charge in [-0.3, -0.25) is 0 Å². The van der Waals surface area contributed by atoms with Gasteiger partial charge >= 0.3 is 0 Å². The summed E-state index contributed by atoms with van der Waals surface area (Å²) in [7, 11) is 0. The van der Waals surface area contributed by atoms with E-state index >= 15 is 0 Å². The lowest BCUT2D eigenvalue weighted by molar-refractivity contribution is 0.275. The van der Waals surface area contributed by atoms with Crippen molar-refractivity contribution in [3.05, 3.63) is 28.8 Å². The molecule has 0 aliphatic heterocycles. The highest BCUT2D eigenvalue weighted by Gasteiger charge is 2.04. The lowest BCUT2D eigenvalue weighted by Gasteiger charge is -1.98. The molecular weight excluding hydrogens is 157 g/mol. The highest BCUT2D eigenvalue weighted by atomic mass is 35.5. The molecule has 0 spiro atoms. The molecule has 2 nitrogen and oxygen atoms in total. The van der Waals surface area contributed by atoms with E-state index < -0.39 is 17.9 Å². The monoisotopic (exact) mass is 163 g/mol. The number of hydrogen-bond acceptors (Lipinski definition) is 2. The first kappa shape index (κ1) is 5.04. The second-order valence-electron chi connectivity index (χ2n) is 1.57. The van der Waals surface area contributed by atoms with Crippen molar-refractivity contribution in [2.75, 3.05) is 0 Å². The van der Waals surface area contributed by atoms with E-state index in [1.54, 1.807) is 0 Å². The normalized spacial score (nSPS) is 14.3. The van der Waals surface area contributed by atoms with E-state index in [9.17, 15) is 4.39 Å². The quantitative estimate of drug-likeness (QED) is 0.635. The van der Waals surface area contributed by atoms with E-state index in [0.717, 1.165) is 12.3 Å². The standard InChI is InChI=1S/C6H5ClFNO/c7-6-4(3-10)5(8)1-2-9-6/h1-2,10H,3H2/i3D2. The number of pyridine rings is 1. The van der Waals surface area contributed by atoms with Crippen LogP contribution < -0.4 is 0 Å². The van der Waals surface area contributed by atoms with Gasteiger partial charge in [-0.05, 0) is 6.07 Å². The molecule has 0 saturated carbocycles. The molecule has 0 saturated heterocycles. The third-order valence-corrected chi connectivity index (χ3v) is 1.25. The van der Waals surface area contributed by atoms with Crippen LogP contribution >= 0.6 is 11.6 Å². The average Bonchev–Trinajstić information content (AvgIpc) is 1.82. The Bertz CT molecular complexity index is 282. The van der Waals surface area contributed by atoms with E-state index in [2.05, 4.69) is 4.98 Å². The molecule has 0 amide bonds. The summed E-state index contributed by atoms with van der Waals surface area (Å²) in [5.74, 6) is -0.914. The number of aliphatic hydroxyl groups is 1. The zero-order valence-corrected chi connectivity index (χ0v) is 5.56. The SMILES string of the molecule is [2H]C([2H])(O)c1c(F)ccnc1Cl. The zero-order chi connectivity index (χ0) is 9.35. The van der Waals surface area contributed by atoms with E-state index in [1.165, 1.54) is 0 Å². The van der Waals surface area contributed by atoms with Crippen molar-refractivity contribution in [3.63, 3.8) is 0 Å². The van der Waals surface area contributed by atoms with Crippen LogP contribution in [-0.2, 0) is 6.56 Å². The topological polar surface area (TPSA) is 33.1 Å². The molecule has 0 unspecified atom stereocenters. The Morgan fingerprint density at radius 1 is 1.90 bits per heavy atom. The maximum Gasteiger partial charge on any atom is 0.137 e. The molecule has 1 heterocycles. The minimum Gasteiger partial charge on any atom is -0.391 e. The summed E-state index contributed by atoms with van der Waals surface area (Å²) in [5, 5.41) is 8.45. The molecule has 1 aromatic heterocycles. The van der Waals surface area contributed by atoms with Crippen molar-refractivity contribution in [1.82, 2.24) is 4.98 Å². The minimum atomic E-state index is -2.80. The van der Waals surface area contributed by atoms with Gasteiger partial charge in [0.25, 0.3) is 0 Å². The smallest absolute Gasteiger partial charge is 0.137 e. The van der Waals surface area contributed by atoms with Gasteiger partial charge in [-0.1, -0.05) is 11.6 Å². The zero-order valence-electron chi connectivity index (χ0n) is 6.81. The lowest BCUT2D eigenvalue weighted by atomic mass is 10.3. The Kier molecular flexibility index (Phi) is 1.48. The molecule has 0 aliphatic rings. The molecule has 1 rings (SSSR count). The van der Waals surface area contributed by atoms with Crippen molar-refractivity contribution in [2.45, 2.75) is 6.56 Å². The highest BCUT2D eigenvalue weighted by Crippen LogP contribution is 2.14. The van der Waals surface area contributed by atoms with E-state index in [-0.39, 0.29) is 5.15 Å². The third-order valence-electron chi connectivity index (χ3n) is 0.966. The molecule has 4 heteroatoms. The highest BCUT2D eigenvalue weighted by molar-refractivity contribution is 6.30. The maximum absolute atomic E-state index is 12.8. The molecule has 0 radical (unpaired) electrons.